The molecule has 3 nitrogen and oxygen atoms in total. The van der Waals surface area contributed by atoms with E-state index in [4.69, 9.17) is 21.1 Å². The molecule has 0 saturated carbocycles. The van der Waals surface area contributed by atoms with Crippen LogP contribution in [0.25, 0.3) is 10.2 Å². The van der Waals surface area contributed by atoms with Crippen molar-refractivity contribution in [2.24, 2.45) is 0 Å². The van der Waals surface area contributed by atoms with E-state index in [9.17, 15) is 0 Å². The number of aromatic nitrogens is 1. The quantitative estimate of drug-likeness (QED) is 0.794. The second kappa shape index (κ2) is 3.63. The largest absolute Gasteiger partial charge is 0.497 e. The van der Waals surface area contributed by atoms with Gasteiger partial charge in [0.2, 0.25) is 0 Å². The summed E-state index contributed by atoms with van der Waals surface area (Å²) in [5, 5.41) is 0. The predicted octanol–water partition coefficient (Wildman–Crippen LogP) is 2.97. The molecule has 0 amide bonds. The number of fused-ring (bicyclic) bond motifs is 1. The average molecular weight is 230 g/mol. The molecule has 0 unspecified atom stereocenters. The minimum Gasteiger partial charge on any atom is -0.497 e. The number of hydrogen-bond donors (Lipinski definition) is 0. The summed E-state index contributed by atoms with van der Waals surface area (Å²) in [5.41, 5.74) is 0.802. The molecule has 74 valence electrons. The van der Waals surface area contributed by atoms with Gasteiger partial charge in [-0.25, -0.2) is 4.98 Å². The number of thiazole rings is 1. The van der Waals surface area contributed by atoms with E-state index < -0.39 is 0 Å². The van der Waals surface area contributed by atoms with Crippen LogP contribution in [0.2, 0.25) is 4.47 Å². The molecule has 14 heavy (non-hydrogen) atoms. The molecule has 0 atom stereocenters. The van der Waals surface area contributed by atoms with Gasteiger partial charge < -0.3 is 9.47 Å². The van der Waals surface area contributed by atoms with E-state index in [2.05, 4.69) is 4.98 Å². The van der Waals surface area contributed by atoms with Crippen LogP contribution >= 0.6 is 22.9 Å². The molecule has 0 aliphatic carbocycles. The Kier molecular flexibility index (Phi) is 2.48. The SMILES string of the molecule is COc1cc(OC)c2sc(Cl)nc2c1. The van der Waals surface area contributed by atoms with Crippen molar-refractivity contribution in [2.75, 3.05) is 14.2 Å². The lowest BCUT2D eigenvalue weighted by Gasteiger charge is -2.03. The van der Waals surface area contributed by atoms with Crippen LogP contribution in [-0.2, 0) is 0 Å². The zero-order valence-electron chi connectivity index (χ0n) is 7.70. The van der Waals surface area contributed by atoms with Crippen molar-refractivity contribution in [1.82, 2.24) is 4.98 Å². The zero-order valence-corrected chi connectivity index (χ0v) is 9.28. The van der Waals surface area contributed by atoms with Crippen LogP contribution in [0, 0.1) is 0 Å². The van der Waals surface area contributed by atoms with Crippen molar-refractivity contribution < 1.29 is 9.47 Å². The van der Waals surface area contributed by atoms with Gasteiger partial charge in [-0.05, 0) is 0 Å². The van der Waals surface area contributed by atoms with Gasteiger partial charge in [0.25, 0.3) is 0 Å². The number of ether oxygens (including phenoxy) is 2. The lowest BCUT2D eigenvalue weighted by atomic mass is 10.3. The monoisotopic (exact) mass is 229 g/mol. The number of halogens is 1. The van der Waals surface area contributed by atoms with Crippen LogP contribution in [0.15, 0.2) is 12.1 Å². The fourth-order valence-electron chi connectivity index (χ4n) is 1.22. The molecule has 2 aromatic rings. The van der Waals surface area contributed by atoms with Crippen molar-refractivity contribution in [3.63, 3.8) is 0 Å². The Morgan fingerprint density at radius 3 is 2.71 bits per heavy atom. The summed E-state index contributed by atoms with van der Waals surface area (Å²) in [6.07, 6.45) is 0. The molecule has 1 heterocycles. The van der Waals surface area contributed by atoms with Crippen molar-refractivity contribution in [2.45, 2.75) is 0 Å². The Hall–Kier alpha value is -1.00. The topological polar surface area (TPSA) is 31.4 Å². The highest BCUT2D eigenvalue weighted by molar-refractivity contribution is 7.22. The molecule has 0 fully saturated rings. The van der Waals surface area contributed by atoms with Crippen molar-refractivity contribution in [1.29, 1.82) is 0 Å². The second-order valence-corrected chi connectivity index (χ2v) is 4.23. The molecular formula is C9H8ClNO2S. The predicted molar refractivity (Wildman–Crippen MR) is 57.7 cm³/mol. The van der Waals surface area contributed by atoms with E-state index in [0.29, 0.717) is 4.47 Å². The Labute approximate surface area is 90.2 Å². The van der Waals surface area contributed by atoms with Crippen LogP contribution in [0.5, 0.6) is 11.5 Å². The molecule has 0 aliphatic heterocycles. The molecule has 2 rings (SSSR count). The average Bonchev–Trinajstić information content (AvgIpc) is 2.56. The van der Waals surface area contributed by atoms with E-state index in [1.54, 1.807) is 14.2 Å². The molecule has 0 saturated heterocycles. The van der Waals surface area contributed by atoms with Crippen LogP contribution in [0.4, 0.5) is 0 Å². The molecule has 1 aromatic carbocycles. The summed E-state index contributed by atoms with van der Waals surface area (Å²) in [4.78, 5) is 4.15. The maximum absolute atomic E-state index is 5.82. The van der Waals surface area contributed by atoms with Gasteiger partial charge in [-0.15, -0.1) is 0 Å². The van der Waals surface area contributed by atoms with Gasteiger partial charge in [0.1, 0.15) is 11.5 Å². The first-order valence-corrected chi connectivity index (χ1v) is 5.12. The normalized spacial score (nSPS) is 10.5. The third-order valence-electron chi connectivity index (χ3n) is 1.86. The van der Waals surface area contributed by atoms with Gasteiger partial charge in [-0.2, -0.15) is 0 Å². The lowest BCUT2D eigenvalue weighted by Crippen LogP contribution is -1.86. The second-order valence-electron chi connectivity index (χ2n) is 2.64. The number of rotatable bonds is 2. The fourth-order valence-corrected chi connectivity index (χ4v) is 2.31. The van der Waals surface area contributed by atoms with Crippen LogP contribution in [-0.4, -0.2) is 19.2 Å². The third-order valence-corrected chi connectivity index (χ3v) is 3.05. The van der Waals surface area contributed by atoms with Gasteiger partial charge in [0.15, 0.2) is 4.47 Å². The summed E-state index contributed by atoms with van der Waals surface area (Å²) in [5.74, 6) is 1.46. The summed E-state index contributed by atoms with van der Waals surface area (Å²) < 4.78 is 11.8. The maximum Gasteiger partial charge on any atom is 0.184 e. The van der Waals surface area contributed by atoms with Gasteiger partial charge in [-0.1, -0.05) is 22.9 Å². The highest BCUT2D eigenvalue weighted by Gasteiger charge is 2.09. The van der Waals surface area contributed by atoms with Gasteiger partial charge in [-0.3, -0.25) is 0 Å². The highest BCUT2D eigenvalue weighted by atomic mass is 35.5. The van der Waals surface area contributed by atoms with Crippen molar-refractivity contribution in [3.05, 3.63) is 16.6 Å². The molecule has 0 bridgehead atoms. The van der Waals surface area contributed by atoms with Crippen LogP contribution in [0.3, 0.4) is 0 Å². The minimum absolute atomic E-state index is 0.506. The van der Waals surface area contributed by atoms with E-state index in [1.165, 1.54) is 11.3 Å². The standard InChI is InChI=1S/C9H8ClNO2S/c1-12-5-3-6-8(7(4-5)13-2)14-9(10)11-6/h3-4H,1-2H3. The molecule has 0 spiro atoms. The number of benzene rings is 1. The molecule has 1 aromatic heterocycles. The molecular weight excluding hydrogens is 222 g/mol. The Bertz CT molecular complexity index is 469. The highest BCUT2D eigenvalue weighted by Crippen LogP contribution is 2.36. The van der Waals surface area contributed by atoms with Crippen molar-refractivity contribution >= 4 is 33.2 Å². The van der Waals surface area contributed by atoms with E-state index >= 15 is 0 Å². The molecule has 5 heteroatoms. The lowest BCUT2D eigenvalue weighted by molar-refractivity contribution is 0.398. The van der Waals surface area contributed by atoms with E-state index in [0.717, 1.165) is 21.7 Å². The summed E-state index contributed by atoms with van der Waals surface area (Å²) in [7, 11) is 3.22. The van der Waals surface area contributed by atoms with E-state index in [1.807, 2.05) is 12.1 Å². The summed E-state index contributed by atoms with van der Waals surface area (Å²) in [6.45, 7) is 0. The zero-order chi connectivity index (χ0) is 10.1. The summed E-state index contributed by atoms with van der Waals surface area (Å²) >= 11 is 7.21. The maximum atomic E-state index is 5.82. The summed E-state index contributed by atoms with van der Waals surface area (Å²) in [6, 6.07) is 3.65. The van der Waals surface area contributed by atoms with Crippen LogP contribution < -0.4 is 9.47 Å². The van der Waals surface area contributed by atoms with E-state index in [-0.39, 0.29) is 0 Å². The van der Waals surface area contributed by atoms with Gasteiger partial charge in [0, 0.05) is 12.1 Å². The minimum atomic E-state index is 0.506. The Balaban J connectivity index is 2.72. The Morgan fingerprint density at radius 2 is 2.07 bits per heavy atom. The number of nitrogens with zero attached hydrogens (tertiary/aromatic N) is 1. The molecule has 0 N–H and O–H groups in total. The smallest absolute Gasteiger partial charge is 0.184 e. The fraction of sp³-hybridized carbons (Fsp3) is 0.222. The van der Waals surface area contributed by atoms with Gasteiger partial charge in [0.05, 0.1) is 24.4 Å². The Morgan fingerprint density at radius 1 is 1.29 bits per heavy atom. The molecule has 0 radical (unpaired) electrons. The van der Waals surface area contributed by atoms with Crippen molar-refractivity contribution in [3.8, 4) is 11.5 Å². The first-order chi connectivity index (χ1) is 6.74. The van der Waals surface area contributed by atoms with Crippen LogP contribution in [0.1, 0.15) is 0 Å². The van der Waals surface area contributed by atoms with Gasteiger partial charge >= 0.3 is 0 Å². The number of hydrogen-bond acceptors (Lipinski definition) is 4. The first kappa shape index (κ1) is 9.55. The molecule has 0 aliphatic rings. The first-order valence-electron chi connectivity index (χ1n) is 3.92. The third kappa shape index (κ3) is 1.51. The number of methoxy groups -OCH3 is 2.